The van der Waals surface area contributed by atoms with Gasteiger partial charge in [0.2, 0.25) is 0 Å². The Morgan fingerprint density at radius 2 is 2.29 bits per heavy atom. The third-order valence-electron chi connectivity index (χ3n) is 3.07. The van der Waals surface area contributed by atoms with Gasteiger partial charge in [-0.1, -0.05) is 15.9 Å². The molecular weight excluding hydrogens is 282 g/mol. The number of hydrogen-bond acceptors (Lipinski definition) is 3. The average Bonchev–Trinajstić information content (AvgIpc) is 2.25. The summed E-state index contributed by atoms with van der Waals surface area (Å²) in [5.74, 6) is 0.806. The van der Waals surface area contributed by atoms with E-state index >= 15 is 0 Å². The first-order valence-electron chi connectivity index (χ1n) is 5.99. The van der Waals surface area contributed by atoms with Crippen LogP contribution in [0.5, 0.6) is 5.75 Å². The van der Waals surface area contributed by atoms with Gasteiger partial charge in [-0.05, 0) is 44.5 Å². The van der Waals surface area contributed by atoms with Crippen molar-refractivity contribution in [3.8, 4) is 5.75 Å². The molecule has 1 aromatic rings. The van der Waals surface area contributed by atoms with Crippen molar-refractivity contribution in [3.63, 3.8) is 0 Å². The molecule has 1 aliphatic rings. The van der Waals surface area contributed by atoms with E-state index in [9.17, 15) is 5.11 Å². The van der Waals surface area contributed by atoms with Gasteiger partial charge in [-0.25, -0.2) is 0 Å². The summed E-state index contributed by atoms with van der Waals surface area (Å²) in [6, 6.07) is 5.80. The largest absolute Gasteiger partial charge is 0.490 e. The highest BCUT2D eigenvalue weighted by Gasteiger charge is 2.22. The molecule has 0 aromatic heterocycles. The molecule has 0 radical (unpaired) electrons. The lowest BCUT2D eigenvalue weighted by Gasteiger charge is -2.28. The Hall–Kier alpha value is -0.580. The first kappa shape index (κ1) is 12.9. The van der Waals surface area contributed by atoms with Crippen LogP contribution in [0.3, 0.4) is 0 Å². The van der Waals surface area contributed by atoms with Gasteiger partial charge in [-0.15, -0.1) is 0 Å². The molecule has 2 N–H and O–H groups in total. The average molecular weight is 300 g/mol. The summed E-state index contributed by atoms with van der Waals surface area (Å²) >= 11 is 3.43. The molecule has 1 fully saturated rings. The molecule has 0 bridgehead atoms. The van der Waals surface area contributed by atoms with E-state index in [4.69, 9.17) is 4.74 Å². The van der Waals surface area contributed by atoms with Crippen LogP contribution >= 0.6 is 15.9 Å². The van der Waals surface area contributed by atoms with Crippen molar-refractivity contribution >= 4 is 15.9 Å². The van der Waals surface area contributed by atoms with Crippen LogP contribution in [-0.4, -0.2) is 24.8 Å². The number of likely N-dealkylation sites (N-methyl/N-ethyl adjacent to an activating group) is 1. The number of aliphatic hydroxyl groups excluding tert-OH is 1. The SMILES string of the molecule is CNCC(O)c1cc(Br)ccc1OC1CCC1. The number of aliphatic hydroxyl groups is 1. The molecule has 1 saturated carbocycles. The molecule has 0 aliphatic heterocycles. The fourth-order valence-corrected chi connectivity index (χ4v) is 2.24. The van der Waals surface area contributed by atoms with E-state index in [2.05, 4.69) is 21.2 Å². The van der Waals surface area contributed by atoms with Gasteiger partial charge in [0, 0.05) is 16.6 Å². The number of halogens is 1. The maximum absolute atomic E-state index is 10.1. The fraction of sp³-hybridized carbons (Fsp3) is 0.538. The van der Waals surface area contributed by atoms with Crippen molar-refractivity contribution in [2.45, 2.75) is 31.5 Å². The van der Waals surface area contributed by atoms with Crippen molar-refractivity contribution in [1.29, 1.82) is 0 Å². The summed E-state index contributed by atoms with van der Waals surface area (Å²) < 4.78 is 6.86. The van der Waals surface area contributed by atoms with Gasteiger partial charge in [0.05, 0.1) is 12.2 Å². The molecule has 4 heteroatoms. The Balaban J connectivity index is 2.16. The van der Waals surface area contributed by atoms with Crippen molar-refractivity contribution in [1.82, 2.24) is 5.32 Å². The van der Waals surface area contributed by atoms with Crippen LogP contribution in [0.2, 0.25) is 0 Å². The molecule has 1 atom stereocenters. The predicted molar refractivity (Wildman–Crippen MR) is 71.3 cm³/mol. The maximum Gasteiger partial charge on any atom is 0.125 e. The quantitative estimate of drug-likeness (QED) is 0.878. The van der Waals surface area contributed by atoms with Crippen LogP contribution in [0.15, 0.2) is 22.7 Å². The van der Waals surface area contributed by atoms with Crippen LogP contribution < -0.4 is 10.1 Å². The maximum atomic E-state index is 10.1. The Morgan fingerprint density at radius 3 is 2.88 bits per heavy atom. The van der Waals surface area contributed by atoms with E-state index in [0.29, 0.717) is 12.6 Å². The minimum absolute atomic E-state index is 0.330. The lowest BCUT2D eigenvalue weighted by Crippen LogP contribution is -2.26. The second kappa shape index (κ2) is 5.85. The predicted octanol–water partition coefficient (Wildman–Crippen LogP) is 2.63. The zero-order valence-corrected chi connectivity index (χ0v) is 11.5. The van der Waals surface area contributed by atoms with Gasteiger partial charge in [-0.3, -0.25) is 0 Å². The van der Waals surface area contributed by atoms with Crippen LogP contribution in [0, 0.1) is 0 Å². The van der Waals surface area contributed by atoms with Gasteiger partial charge in [0.15, 0.2) is 0 Å². The van der Waals surface area contributed by atoms with Crippen LogP contribution in [0.1, 0.15) is 30.9 Å². The Morgan fingerprint density at radius 1 is 1.53 bits per heavy atom. The zero-order chi connectivity index (χ0) is 12.3. The van der Waals surface area contributed by atoms with Gasteiger partial charge in [0.1, 0.15) is 5.75 Å². The molecule has 17 heavy (non-hydrogen) atoms. The fourth-order valence-electron chi connectivity index (χ4n) is 1.86. The smallest absolute Gasteiger partial charge is 0.125 e. The van der Waals surface area contributed by atoms with E-state index in [-0.39, 0.29) is 0 Å². The van der Waals surface area contributed by atoms with Gasteiger partial charge in [-0.2, -0.15) is 0 Å². The van der Waals surface area contributed by atoms with Gasteiger partial charge in [0.25, 0.3) is 0 Å². The Bertz CT molecular complexity index is 380. The molecule has 0 heterocycles. The van der Waals surface area contributed by atoms with E-state index in [1.54, 1.807) is 0 Å². The van der Waals surface area contributed by atoms with Gasteiger partial charge >= 0.3 is 0 Å². The minimum atomic E-state index is -0.535. The summed E-state index contributed by atoms with van der Waals surface area (Å²) in [5, 5.41) is 13.0. The molecule has 1 unspecified atom stereocenters. The van der Waals surface area contributed by atoms with E-state index < -0.39 is 6.10 Å². The normalized spacial score (nSPS) is 17.6. The molecule has 94 valence electrons. The van der Waals surface area contributed by atoms with Crippen molar-refractivity contribution in [2.24, 2.45) is 0 Å². The second-order valence-electron chi connectivity index (χ2n) is 4.43. The molecule has 1 aromatic carbocycles. The van der Waals surface area contributed by atoms with E-state index in [0.717, 1.165) is 28.6 Å². The lowest BCUT2D eigenvalue weighted by atomic mass is 9.96. The summed E-state index contributed by atoms with van der Waals surface area (Å²) in [5.41, 5.74) is 0.848. The summed E-state index contributed by atoms with van der Waals surface area (Å²) in [7, 11) is 1.83. The number of hydrogen-bond donors (Lipinski definition) is 2. The zero-order valence-electron chi connectivity index (χ0n) is 9.95. The first-order valence-corrected chi connectivity index (χ1v) is 6.79. The van der Waals surface area contributed by atoms with E-state index in [1.807, 2.05) is 25.2 Å². The summed E-state index contributed by atoms with van der Waals surface area (Å²) in [6.07, 6.45) is 3.29. The van der Waals surface area contributed by atoms with Crippen molar-refractivity contribution < 1.29 is 9.84 Å². The van der Waals surface area contributed by atoms with Crippen LogP contribution in [-0.2, 0) is 0 Å². The first-order chi connectivity index (χ1) is 8.20. The third-order valence-corrected chi connectivity index (χ3v) is 3.57. The molecule has 3 nitrogen and oxygen atoms in total. The standard InChI is InChI=1S/C13H18BrNO2/c1-15-8-12(16)11-7-9(14)5-6-13(11)17-10-3-2-4-10/h5-7,10,12,15-16H,2-4,8H2,1H3. The Kier molecular flexibility index (Phi) is 4.42. The number of nitrogens with one attached hydrogen (secondary N) is 1. The van der Waals surface area contributed by atoms with Crippen molar-refractivity contribution in [2.75, 3.05) is 13.6 Å². The summed E-state index contributed by atoms with van der Waals surface area (Å²) in [4.78, 5) is 0. The number of rotatable bonds is 5. The minimum Gasteiger partial charge on any atom is -0.490 e. The molecule has 0 spiro atoms. The number of ether oxygens (including phenoxy) is 1. The molecular formula is C13H18BrNO2. The van der Waals surface area contributed by atoms with Crippen LogP contribution in [0.25, 0.3) is 0 Å². The highest BCUT2D eigenvalue weighted by atomic mass is 79.9. The molecule has 0 saturated heterocycles. The lowest BCUT2D eigenvalue weighted by molar-refractivity contribution is 0.110. The highest BCUT2D eigenvalue weighted by molar-refractivity contribution is 9.10. The molecule has 1 aliphatic carbocycles. The topological polar surface area (TPSA) is 41.5 Å². The number of benzene rings is 1. The molecule has 2 rings (SSSR count). The monoisotopic (exact) mass is 299 g/mol. The highest BCUT2D eigenvalue weighted by Crippen LogP contribution is 2.32. The Labute approximate surface area is 110 Å². The second-order valence-corrected chi connectivity index (χ2v) is 5.34. The summed E-state index contributed by atoms with van der Waals surface area (Å²) in [6.45, 7) is 0.525. The third kappa shape index (κ3) is 3.21. The van der Waals surface area contributed by atoms with E-state index in [1.165, 1.54) is 6.42 Å². The molecule has 0 amide bonds. The van der Waals surface area contributed by atoms with Gasteiger partial charge < -0.3 is 15.2 Å². The van der Waals surface area contributed by atoms with Crippen molar-refractivity contribution in [3.05, 3.63) is 28.2 Å². The van der Waals surface area contributed by atoms with Crippen LogP contribution in [0.4, 0.5) is 0 Å².